The molecule has 38 heavy (non-hydrogen) atoms. The summed E-state index contributed by atoms with van der Waals surface area (Å²) in [4.78, 5) is 31.5. The number of aromatic amines is 1. The van der Waals surface area contributed by atoms with E-state index in [9.17, 15) is 14.0 Å². The Kier molecular flexibility index (Phi) is 7.56. The molecule has 1 aliphatic rings. The molecule has 4 atom stereocenters. The van der Waals surface area contributed by atoms with Gasteiger partial charge in [-0.05, 0) is 35.2 Å². The van der Waals surface area contributed by atoms with Crippen LogP contribution >= 0.6 is 0 Å². The van der Waals surface area contributed by atoms with Gasteiger partial charge in [0, 0.05) is 30.6 Å². The fourth-order valence-corrected chi connectivity index (χ4v) is 5.19. The Morgan fingerprint density at radius 2 is 1.66 bits per heavy atom. The highest BCUT2D eigenvalue weighted by Crippen LogP contribution is 2.28. The molecule has 5 rings (SSSR count). The number of benzene rings is 3. The number of ether oxygens (including phenoxy) is 1. The maximum absolute atomic E-state index is 14.6. The average molecular weight is 514 g/mol. The van der Waals surface area contributed by atoms with Crippen LogP contribution in [-0.4, -0.2) is 47.6 Å². The highest BCUT2D eigenvalue weighted by atomic mass is 19.1. The summed E-state index contributed by atoms with van der Waals surface area (Å²) in [5, 5.41) is 4.06. The van der Waals surface area contributed by atoms with Crippen molar-refractivity contribution in [3.63, 3.8) is 0 Å². The van der Waals surface area contributed by atoms with Gasteiger partial charge in [0.1, 0.15) is 12.2 Å². The number of carbonyl (C=O) groups excluding carboxylic acids is 2. The second-order valence-electron chi connectivity index (χ2n) is 9.83. The third kappa shape index (κ3) is 5.34. The molecule has 0 radical (unpaired) electrons. The lowest BCUT2D eigenvalue weighted by molar-refractivity contribution is -0.138. The first kappa shape index (κ1) is 25.7. The molecular formula is C31H32FN3O3. The van der Waals surface area contributed by atoms with E-state index in [1.807, 2.05) is 85.8 Å². The fraction of sp³-hybridized carbons (Fsp3) is 0.290. The number of amides is 2. The van der Waals surface area contributed by atoms with Crippen LogP contribution in [0.5, 0.6) is 0 Å². The molecule has 2 amide bonds. The second-order valence-corrected chi connectivity index (χ2v) is 9.83. The quantitative estimate of drug-likeness (QED) is 0.337. The van der Waals surface area contributed by atoms with E-state index in [-0.39, 0.29) is 37.3 Å². The number of hydrogen-bond donors (Lipinski definition) is 2. The normalized spacial score (nSPS) is 18.9. The Bertz CT molecular complexity index is 1400. The summed E-state index contributed by atoms with van der Waals surface area (Å²) in [7, 11) is 1.66. The van der Waals surface area contributed by atoms with E-state index in [2.05, 4.69) is 10.3 Å². The van der Waals surface area contributed by atoms with Crippen molar-refractivity contribution in [3.05, 3.63) is 107 Å². The zero-order chi connectivity index (χ0) is 26.6. The summed E-state index contributed by atoms with van der Waals surface area (Å²) >= 11 is 0. The molecule has 3 aromatic carbocycles. The van der Waals surface area contributed by atoms with Crippen molar-refractivity contribution in [2.24, 2.45) is 0 Å². The summed E-state index contributed by atoms with van der Waals surface area (Å²) in [5.41, 5.74) is 4.59. The number of methoxy groups -OCH3 is 1. The van der Waals surface area contributed by atoms with Crippen LogP contribution in [0.1, 0.15) is 47.7 Å². The van der Waals surface area contributed by atoms with E-state index < -0.39 is 18.3 Å². The number of hydrogen-bond acceptors (Lipinski definition) is 3. The summed E-state index contributed by atoms with van der Waals surface area (Å²) < 4.78 is 20.0. The minimum absolute atomic E-state index is 0.0166. The monoisotopic (exact) mass is 513 g/mol. The van der Waals surface area contributed by atoms with Crippen molar-refractivity contribution in [3.8, 4) is 0 Å². The molecule has 7 heteroatoms. The van der Waals surface area contributed by atoms with Crippen molar-refractivity contribution in [1.29, 1.82) is 0 Å². The Morgan fingerprint density at radius 1 is 1.00 bits per heavy atom. The van der Waals surface area contributed by atoms with Gasteiger partial charge in [-0.15, -0.1) is 0 Å². The average Bonchev–Trinajstić information content (AvgIpc) is 3.55. The number of carbonyl (C=O) groups is 2. The smallest absolute Gasteiger partial charge is 0.243 e. The third-order valence-electron chi connectivity index (χ3n) is 7.40. The highest BCUT2D eigenvalue weighted by Gasteiger charge is 2.40. The van der Waals surface area contributed by atoms with E-state index in [0.717, 1.165) is 33.2 Å². The van der Waals surface area contributed by atoms with Gasteiger partial charge in [-0.2, -0.15) is 0 Å². The van der Waals surface area contributed by atoms with E-state index in [4.69, 9.17) is 4.74 Å². The zero-order valence-corrected chi connectivity index (χ0v) is 21.6. The molecule has 0 saturated carbocycles. The predicted molar refractivity (Wildman–Crippen MR) is 145 cm³/mol. The number of halogens is 1. The Balaban J connectivity index is 1.37. The largest absolute Gasteiger partial charge is 0.377 e. The summed E-state index contributed by atoms with van der Waals surface area (Å²) in [5.74, 6) is -0.621. The van der Waals surface area contributed by atoms with Crippen LogP contribution in [0.2, 0.25) is 0 Å². The molecule has 0 spiro atoms. The first-order valence-corrected chi connectivity index (χ1v) is 12.9. The molecular weight excluding hydrogens is 481 g/mol. The number of nitrogens with zero attached hydrogens (tertiary/aromatic N) is 1. The molecule has 2 N–H and O–H groups in total. The molecule has 0 aliphatic carbocycles. The number of aromatic nitrogens is 1. The van der Waals surface area contributed by atoms with Gasteiger partial charge in [-0.1, -0.05) is 72.8 Å². The molecule has 0 bridgehead atoms. The van der Waals surface area contributed by atoms with Gasteiger partial charge < -0.3 is 19.9 Å². The molecule has 2 heterocycles. The highest BCUT2D eigenvalue weighted by molar-refractivity contribution is 5.92. The number of rotatable bonds is 8. The number of likely N-dealkylation sites (tertiary alicyclic amines) is 1. The van der Waals surface area contributed by atoms with Crippen LogP contribution in [-0.2, 0) is 20.7 Å². The second kappa shape index (κ2) is 11.2. The van der Waals surface area contributed by atoms with Crippen molar-refractivity contribution < 1.29 is 18.7 Å². The van der Waals surface area contributed by atoms with Gasteiger partial charge in [-0.3, -0.25) is 9.59 Å². The van der Waals surface area contributed by atoms with Crippen molar-refractivity contribution >= 4 is 22.7 Å². The topological polar surface area (TPSA) is 74.4 Å². The first-order valence-electron chi connectivity index (χ1n) is 12.9. The van der Waals surface area contributed by atoms with Gasteiger partial charge in [-0.25, -0.2) is 4.39 Å². The number of fused-ring (bicyclic) bond motifs is 1. The standard InChI is InChI=1S/C31H32FN3O3/c1-20(38-2)21-12-14-23(15-13-21)30(22-8-4-3-5-9-22)34-31(37)28-17-25(32)19-35(28)29(36)16-24-18-33-27-11-7-6-10-26(24)27/h3-15,18,20,25,28,30,33H,16-17,19H2,1-2H3,(H,34,37)/t20?,25-,28+,30+/m1/s1. The number of alkyl halides is 1. The third-order valence-corrected chi connectivity index (χ3v) is 7.40. The van der Waals surface area contributed by atoms with Crippen LogP contribution in [0.15, 0.2) is 85.1 Å². The van der Waals surface area contributed by atoms with Gasteiger partial charge in [0.05, 0.1) is 25.1 Å². The lowest BCUT2D eigenvalue weighted by Gasteiger charge is -2.27. The van der Waals surface area contributed by atoms with Gasteiger partial charge >= 0.3 is 0 Å². The minimum Gasteiger partial charge on any atom is -0.377 e. The van der Waals surface area contributed by atoms with E-state index >= 15 is 0 Å². The maximum Gasteiger partial charge on any atom is 0.243 e. The summed E-state index contributed by atoms with van der Waals surface area (Å²) in [6.07, 6.45) is 0.590. The lowest BCUT2D eigenvalue weighted by Crippen LogP contribution is -2.47. The van der Waals surface area contributed by atoms with Crippen molar-refractivity contribution in [2.75, 3.05) is 13.7 Å². The number of nitrogens with one attached hydrogen (secondary N) is 2. The summed E-state index contributed by atoms with van der Waals surface area (Å²) in [6, 6.07) is 24.0. The molecule has 1 aliphatic heterocycles. The van der Waals surface area contributed by atoms with Crippen LogP contribution in [0.3, 0.4) is 0 Å². The minimum atomic E-state index is -1.25. The predicted octanol–water partition coefficient (Wildman–Crippen LogP) is 5.26. The zero-order valence-electron chi connectivity index (χ0n) is 21.6. The molecule has 196 valence electrons. The van der Waals surface area contributed by atoms with E-state index in [0.29, 0.717) is 0 Å². The first-order chi connectivity index (χ1) is 18.4. The fourth-order valence-electron chi connectivity index (χ4n) is 5.19. The van der Waals surface area contributed by atoms with Crippen molar-refractivity contribution in [2.45, 2.75) is 44.1 Å². The van der Waals surface area contributed by atoms with Crippen LogP contribution in [0, 0.1) is 0 Å². The van der Waals surface area contributed by atoms with Crippen LogP contribution in [0.4, 0.5) is 4.39 Å². The molecule has 1 saturated heterocycles. The molecule has 4 aromatic rings. The number of H-pyrrole nitrogens is 1. The maximum atomic E-state index is 14.6. The van der Waals surface area contributed by atoms with E-state index in [1.54, 1.807) is 13.3 Å². The lowest BCUT2D eigenvalue weighted by atomic mass is 9.96. The number of para-hydroxylation sites is 1. The van der Waals surface area contributed by atoms with Gasteiger partial charge in [0.15, 0.2) is 0 Å². The SMILES string of the molecule is COC(C)c1ccc([C@@H](NC(=O)[C@@H]2C[C@@H](F)CN2C(=O)Cc2c[nH]c3ccccc23)c2ccccc2)cc1. The van der Waals surface area contributed by atoms with Gasteiger partial charge in [0.25, 0.3) is 0 Å². The molecule has 1 fully saturated rings. The molecule has 1 aromatic heterocycles. The molecule has 1 unspecified atom stereocenters. The van der Waals surface area contributed by atoms with Crippen LogP contribution in [0.25, 0.3) is 10.9 Å². The summed E-state index contributed by atoms with van der Waals surface area (Å²) in [6.45, 7) is 1.89. The van der Waals surface area contributed by atoms with Crippen molar-refractivity contribution in [1.82, 2.24) is 15.2 Å². The molecule has 6 nitrogen and oxygen atoms in total. The van der Waals surface area contributed by atoms with E-state index in [1.165, 1.54) is 4.90 Å². The Hall–Kier alpha value is -3.97. The van der Waals surface area contributed by atoms with Crippen LogP contribution < -0.4 is 5.32 Å². The Morgan fingerprint density at radius 3 is 2.39 bits per heavy atom. The Labute approximate surface area is 221 Å². The van der Waals surface area contributed by atoms with Gasteiger partial charge in [0.2, 0.25) is 11.8 Å².